The minimum atomic E-state index is -3.99. The fraction of sp³-hybridized carbons (Fsp3) is 0.333. The molecule has 1 aromatic heterocycles. The van der Waals surface area contributed by atoms with Gasteiger partial charge in [-0.15, -0.1) is 0 Å². The Hall–Kier alpha value is -3.17. The Balaban J connectivity index is 1.87. The molecule has 0 saturated carbocycles. The molecule has 4 rings (SSSR count). The molecular weight excluding hydrogens is 444 g/mol. The van der Waals surface area contributed by atoms with Gasteiger partial charge in [-0.3, -0.25) is 9.78 Å². The van der Waals surface area contributed by atoms with E-state index in [1.165, 1.54) is 18.5 Å². The molecule has 0 N–H and O–H groups in total. The SMILES string of the molecule is COC(=O)CC1c2cc(OC)c(OC)cc2CCN1S(=O)(=O)c1cccc2cc(C)cnc12. The lowest BCUT2D eigenvalue weighted by atomic mass is 9.91. The lowest BCUT2D eigenvalue weighted by Crippen LogP contribution is -2.41. The predicted octanol–water partition coefficient (Wildman–Crippen LogP) is 3.41. The van der Waals surface area contributed by atoms with E-state index < -0.39 is 22.0 Å². The third kappa shape index (κ3) is 4.14. The van der Waals surface area contributed by atoms with Gasteiger partial charge in [0.25, 0.3) is 0 Å². The lowest BCUT2D eigenvalue weighted by molar-refractivity contribution is -0.141. The van der Waals surface area contributed by atoms with Crippen molar-refractivity contribution in [2.24, 2.45) is 0 Å². The zero-order chi connectivity index (χ0) is 23.8. The number of benzene rings is 2. The second-order valence-corrected chi connectivity index (χ2v) is 9.77. The highest BCUT2D eigenvalue weighted by Crippen LogP contribution is 2.42. The van der Waals surface area contributed by atoms with Crippen molar-refractivity contribution < 1.29 is 27.4 Å². The topological polar surface area (TPSA) is 95.0 Å². The van der Waals surface area contributed by atoms with Crippen LogP contribution in [0.25, 0.3) is 10.9 Å². The summed E-state index contributed by atoms with van der Waals surface area (Å²) >= 11 is 0. The summed E-state index contributed by atoms with van der Waals surface area (Å²) in [6.45, 7) is 2.11. The molecule has 2 heterocycles. The second-order valence-electron chi connectivity index (χ2n) is 7.91. The van der Waals surface area contributed by atoms with Crippen LogP contribution in [0.5, 0.6) is 11.5 Å². The number of fused-ring (bicyclic) bond motifs is 2. The van der Waals surface area contributed by atoms with Gasteiger partial charge in [0.1, 0.15) is 4.90 Å². The van der Waals surface area contributed by atoms with Gasteiger partial charge in [-0.05, 0) is 54.3 Å². The van der Waals surface area contributed by atoms with Gasteiger partial charge in [-0.25, -0.2) is 8.42 Å². The molecule has 0 amide bonds. The standard InChI is InChI=1S/C24H26N2O6S/c1-15-10-17-6-5-7-22(24(17)25-14-15)33(28,29)26-9-8-16-11-20(30-2)21(31-3)12-18(16)19(26)13-23(27)32-4/h5-7,10-12,14,19H,8-9,13H2,1-4H3. The van der Waals surface area contributed by atoms with E-state index in [0.29, 0.717) is 29.0 Å². The zero-order valence-electron chi connectivity index (χ0n) is 19.0. The van der Waals surface area contributed by atoms with Gasteiger partial charge in [0, 0.05) is 18.1 Å². The van der Waals surface area contributed by atoms with E-state index in [0.717, 1.165) is 16.5 Å². The Morgan fingerprint density at radius 3 is 2.55 bits per heavy atom. The summed E-state index contributed by atoms with van der Waals surface area (Å²) in [7, 11) is 0.358. The van der Waals surface area contributed by atoms with Gasteiger partial charge in [0.05, 0.1) is 39.3 Å². The molecule has 0 aliphatic carbocycles. The average molecular weight is 471 g/mol. The summed E-state index contributed by atoms with van der Waals surface area (Å²) in [4.78, 5) is 16.8. The number of sulfonamides is 1. The maximum absolute atomic E-state index is 13.9. The van der Waals surface area contributed by atoms with E-state index in [-0.39, 0.29) is 17.9 Å². The Labute approximate surface area is 193 Å². The molecule has 1 atom stereocenters. The van der Waals surface area contributed by atoms with E-state index in [9.17, 15) is 13.2 Å². The number of methoxy groups -OCH3 is 3. The maximum atomic E-state index is 13.9. The first-order chi connectivity index (χ1) is 15.8. The van der Waals surface area contributed by atoms with Gasteiger partial charge in [0.15, 0.2) is 11.5 Å². The number of hydrogen-bond donors (Lipinski definition) is 0. The van der Waals surface area contributed by atoms with Crippen molar-refractivity contribution in [1.29, 1.82) is 0 Å². The van der Waals surface area contributed by atoms with Crippen LogP contribution in [-0.2, 0) is 26.0 Å². The van der Waals surface area contributed by atoms with Crippen molar-refractivity contribution in [2.45, 2.75) is 30.7 Å². The molecule has 1 unspecified atom stereocenters. The van der Waals surface area contributed by atoms with Gasteiger partial charge in [-0.1, -0.05) is 12.1 Å². The van der Waals surface area contributed by atoms with Crippen molar-refractivity contribution in [3.63, 3.8) is 0 Å². The number of pyridine rings is 1. The van der Waals surface area contributed by atoms with Crippen LogP contribution in [0.4, 0.5) is 0 Å². The quantitative estimate of drug-likeness (QED) is 0.510. The number of para-hydroxylation sites is 1. The highest BCUT2D eigenvalue weighted by atomic mass is 32.2. The number of rotatable bonds is 6. The number of hydrogen-bond acceptors (Lipinski definition) is 7. The first-order valence-electron chi connectivity index (χ1n) is 10.5. The van der Waals surface area contributed by atoms with E-state index in [1.807, 2.05) is 25.1 Å². The van der Waals surface area contributed by atoms with Crippen molar-refractivity contribution >= 4 is 26.9 Å². The smallest absolute Gasteiger partial charge is 0.307 e. The van der Waals surface area contributed by atoms with Crippen LogP contribution in [0, 0.1) is 6.92 Å². The Morgan fingerprint density at radius 2 is 1.85 bits per heavy atom. The zero-order valence-corrected chi connectivity index (χ0v) is 19.8. The van der Waals surface area contributed by atoms with Crippen LogP contribution in [0.1, 0.15) is 29.2 Å². The van der Waals surface area contributed by atoms with E-state index in [2.05, 4.69) is 4.98 Å². The third-order valence-corrected chi connectivity index (χ3v) is 7.88. The monoisotopic (exact) mass is 470 g/mol. The summed E-state index contributed by atoms with van der Waals surface area (Å²) in [6.07, 6.45) is 1.98. The van der Waals surface area contributed by atoms with Gasteiger partial charge < -0.3 is 14.2 Å². The van der Waals surface area contributed by atoms with Crippen molar-refractivity contribution in [2.75, 3.05) is 27.9 Å². The number of ether oxygens (including phenoxy) is 3. The number of carbonyl (C=O) groups excluding carboxylic acids is 1. The van der Waals surface area contributed by atoms with Crippen LogP contribution < -0.4 is 9.47 Å². The molecule has 0 fully saturated rings. The minimum absolute atomic E-state index is 0.110. The molecule has 33 heavy (non-hydrogen) atoms. The molecule has 3 aromatic rings. The second kappa shape index (κ2) is 8.99. The van der Waals surface area contributed by atoms with Gasteiger partial charge in [0.2, 0.25) is 10.0 Å². The molecular formula is C24H26N2O6S. The molecule has 0 spiro atoms. The first-order valence-corrected chi connectivity index (χ1v) is 11.9. The Bertz CT molecular complexity index is 1320. The van der Waals surface area contributed by atoms with Gasteiger partial charge >= 0.3 is 5.97 Å². The molecule has 0 radical (unpaired) electrons. The maximum Gasteiger partial charge on any atom is 0.307 e. The highest BCUT2D eigenvalue weighted by Gasteiger charge is 2.39. The number of aromatic nitrogens is 1. The van der Waals surface area contributed by atoms with Crippen molar-refractivity contribution in [3.8, 4) is 11.5 Å². The molecule has 9 heteroatoms. The molecule has 1 aliphatic heterocycles. The highest BCUT2D eigenvalue weighted by molar-refractivity contribution is 7.89. The normalized spacial score (nSPS) is 16.3. The molecule has 174 valence electrons. The van der Waals surface area contributed by atoms with E-state index in [1.54, 1.807) is 31.5 Å². The largest absolute Gasteiger partial charge is 0.493 e. The average Bonchev–Trinajstić information content (AvgIpc) is 2.82. The summed E-state index contributed by atoms with van der Waals surface area (Å²) in [5.41, 5.74) is 2.93. The Morgan fingerprint density at radius 1 is 1.12 bits per heavy atom. The first kappa shape index (κ1) is 23.0. The van der Waals surface area contributed by atoms with Crippen molar-refractivity contribution in [1.82, 2.24) is 9.29 Å². The van der Waals surface area contributed by atoms with Crippen LogP contribution in [0.2, 0.25) is 0 Å². The van der Waals surface area contributed by atoms with E-state index in [4.69, 9.17) is 14.2 Å². The fourth-order valence-corrected chi connectivity index (χ4v) is 6.10. The molecule has 1 aliphatic rings. The van der Waals surface area contributed by atoms with Crippen LogP contribution in [0.3, 0.4) is 0 Å². The van der Waals surface area contributed by atoms with Gasteiger partial charge in [-0.2, -0.15) is 4.31 Å². The van der Waals surface area contributed by atoms with Crippen LogP contribution >= 0.6 is 0 Å². The van der Waals surface area contributed by atoms with Crippen molar-refractivity contribution in [3.05, 3.63) is 59.3 Å². The minimum Gasteiger partial charge on any atom is -0.493 e. The van der Waals surface area contributed by atoms with Crippen LogP contribution in [0.15, 0.2) is 47.5 Å². The summed E-state index contributed by atoms with van der Waals surface area (Å²) in [5, 5.41) is 0.740. The molecule has 8 nitrogen and oxygen atoms in total. The summed E-state index contributed by atoms with van der Waals surface area (Å²) in [6, 6.07) is 9.82. The third-order valence-electron chi connectivity index (χ3n) is 5.94. The molecule has 2 aromatic carbocycles. The van der Waals surface area contributed by atoms with E-state index >= 15 is 0 Å². The molecule has 0 bridgehead atoms. The Kier molecular flexibility index (Phi) is 6.27. The fourth-order valence-electron chi connectivity index (χ4n) is 4.32. The number of carbonyl (C=O) groups is 1. The molecule has 0 saturated heterocycles. The van der Waals surface area contributed by atoms with Crippen LogP contribution in [-0.4, -0.2) is 51.6 Å². The predicted molar refractivity (Wildman–Crippen MR) is 123 cm³/mol. The summed E-state index contributed by atoms with van der Waals surface area (Å²) in [5.74, 6) is 0.514. The summed E-state index contributed by atoms with van der Waals surface area (Å²) < 4.78 is 45.0. The number of nitrogens with zero attached hydrogens (tertiary/aromatic N) is 2. The number of esters is 1. The number of aryl methyl sites for hydroxylation is 1. The lowest BCUT2D eigenvalue weighted by Gasteiger charge is -2.36.